The second kappa shape index (κ2) is 6.98. The Bertz CT molecular complexity index is 840. The molecular weight excluding hydrogens is 346 g/mol. The lowest BCUT2D eigenvalue weighted by molar-refractivity contribution is -0.118. The van der Waals surface area contributed by atoms with Crippen molar-refractivity contribution in [3.63, 3.8) is 0 Å². The quantitative estimate of drug-likeness (QED) is 0.548. The van der Waals surface area contributed by atoms with E-state index in [0.29, 0.717) is 12.3 Å². The summed E-state index contributed by atoms with van der Waals surface area (Å²) in [5, 5.41) is 6.96. The highest BCUT2D eigenvalue weighted by atomic mass is 32.2. The average Bonchev–Trinajstić information content (AvgIpc) is 3.12. The van der Waals surface area contributed by atoms with Gasteiger partial charge in [-0.25, -0.2) is 9.97 Å². The summed E-state index contributed by atoms with van der Waals surface area (Å²) in [5.74, 6) is 1.14. The fraction of sp³-hybridized carbons (Fsp3) is 0.312. The normalized spacial score (nSPS) is 11.1. The predicted octanol–water partition coefficient (Wildman–Crippen LogP) is 4.09. The van der Waals surface area contributed by atoms with Crippen LogP contribution in [0.5, 0.6) is 0 Å². The van der Waals surface area contributed by atoms with Gasteiger partial charge in [0.05, 0.1) is 12.3 Å². The van der Waals surface area contributed by atoms with E-state index < -0.39 is 0 Å². The van der Waals surface area contributed by atoms with Gasteiger partial charge in [0.25, 0.3) is 0 Å². The number of amides is 1. The van der Waals surface area contributed by atoms with Crippen molar-refractivity contribution in [1.82, 2.24) is 15.3 Å². The minimum absolute atomic E-state index is 0.0254. The van der Waals surface area contributed by atoms with E-state index in [4.69, 9.17) is 0 Å². The van der Waals surface area contributed by atoms with Crippen LogP contribution in [0, 0.1) is 20.8 Å². The van der Waals surface area contributed by atoms with Crippen LogP contribution in [0.1, 0.15) is 21.1 Å². The summed E-state index contributed by atoms with van der Waals surface area (Å²) in [6.07, 6.45) is 0. The highest BCUT2D eigenvalue weighted by Crippen LogP contribution is 2.34. The molecule has 0 spiro atoms. The van der Waals surface area contributed by atoms with Crippen LogP contribution in [0.4, 0.5) is 0 Å². The molecule has 0 aromatic carbocycles. The molecule has 3 aromatic heterocycles. The molecule has 23 heavy (non-hydrogen) atoms. The zero-order chi connectivity index (χ0) is 16.4. The Morgan fingerprint density at radius 1 is 1.30 bits per heavy atom. The van der Waals surface area contributed by atoms with E-state index in [1.54, 1.807) is 22.7 Å². The molecule has 7 heteroatoms. The molecule has 0 aliphatic heterocycles. The van der Waals surface area contributed by atoms with E-state index in [9.17, 15) is 4.79 Å². The third-order valence-corrected chi connectivity index (χ3v) is 6.44. The van der Waals surface area contributed by atoms with Crippen molar-refractivity contribution >= 4 is 50.6 Å². The van der Waals surface area contributed by atoms with Crippen molar-refractivity contribution in [1.29, 1.82) is 0 Å². The maximum absolute atomic E-state index is 12.1. The lowest BCUT2D eigenvalue weighted by atomic mass is 10.2. The van der Waals surface area contributed by atoms with Gasteiger partial charge in [-0.2, -0.15) is 0 Å². The van der Waals surface area contributed by atoms with Crippen LogP contribution in [0.25, 0.3) is 10.2 Å². The number of carbonyl (C=O) groups excluding carboxylic acids is 1. The molecular formula is C16H17N3OS3. The first-order valence-corrected chi connectivity index (χ1v) is 9.89. The monoisotopic (exact) mass is 363 g/mol. The standard InChI is InChI=1S/C16H17N3OS3/c1-9-10(2)23-16-14(9)15(18-11(3)19-16)22-8-13(20)17-7-12-5-4-6-21-12/h4-6H,7-8H2,1-3H3,(H,17,20). The number of aryl methyl sites for hydroxylation is 3. The first-order valence-electron chi connectivity index (χ1n) is 7.21. The number of nitrogens with one attached hydrogen (secondary N) is 1. The van der Waals surface area contributed by atoms with Crippen molar-refractivity contribution < 1.29 is 4.79 Å². The van der Waals surface area contributed by atoms with Gasteiger partial charge in [0.15, 0.2) is 0 Å². The van der Waals surface area contributed by atoms with Crippen LogP contribution < -0.4 is 5.32 Å². The van der Waals surface area contributed by atoms with Gasteiger partial charge in [-0.1, -0.05) is 17.8 Å². The molecule has 3 heterocycles. The molecule has 0 atom stereocenters. The number of carbonyl (C=O) groups is 1. The third-order valence-electron chi connectivity index (χ3n) is 3.49. The Kier molecular flexibility index (Phi) is 4.99. The topological polar surface area (TPSA) is 54.9 Å². The third kappa shape index (κ3) is 3.73. The first-order chi connectivity index (χ1) is 11.0. The Morgan fingerprint density at radius 2 is 2.13 bits per heavy atom. The summed E-state index contributed by atoms with van der Waals surface area (Å²) in [7, 11) is 0. The number of fused-ring (bicyclic) bond motifs is 1. The van der Waals surface area contributed by atoms with Crippen LogP contribution >= 0.6 is 34.4 Å². The molecule has 3 rings (SSSR count). The maximum atomic E-state index is 12.1. The van der Waals surface area contributed by atoms with Crippen molar-refractivity contribution in [2.75, 3.05) is 5.75 Å². The van der Waals surface area contributed by atoms with Gasteiger partial charge in [-0.3, -0.25) is 4.79 Å². The van der Waals surface area contributed by atoms with Gasteiger partial charge < -0.3 is 5.32 Å². The molecule has 0 saturated carbocycles. The van der Waals surface area contributed by atoms with Crippen LogP contribution in [-0.2, 0) is 11.3 Å². The highest BCUT2D eigenvalue weighted by Gasteiger charge is 2.15. The van der Waals surface area contributed by atoms with Crippen molar-refractivity contribution in [2.45, 2.75) is 32.3 Å². The van der Waals surface area contributed by atoms with E-state index in [1.807, 2.05) is 24.4 Å². The summed E-state index contributed by atoms with van der Waals surface area (Å²) < 4.78 is 0. The highest BCUT2D eigenvalue weighted by molar-refractivity contribution is 8.00. The number of hydrogen-bond acceptors (Lipinski definition) is 6. The SMILES string of the molecule is Cc1nc(SCC(=O)NCc2cccs2)c2c(C)c(C)sc2n1. The van der Waals surface area contributed by atoms with Crippen molar-refractivity contribution in [3.05, 3.63) is 38.7 Å². The average molecular weight is 364 g/mol. The summed E-state index contributed by atoms with van der Waals surface area (Å²) in [6.45, 7) is 6.67. The Labute approximate surface area is 147 Å². The Hall–Kier alpha value is -1.44. The smallest absolute Gasteiger partial charge is 0.230 e. The lowest BCUT2D eigenvalue weighted by Crippen LogP contribution is -2.24. The van der Waals surface area contributed by atoms with Gasteiger partial charge in [-0.15, -0.1) is 22.7 Å². The number of thioether (sulfide) groups is 1. The van der Waals surface area contributed by atoms with E-state index in [0.717, 1.165) is 25.9 Å². The van der Waals surface area contributed by atoms with Gasteiger partial charge in [0.1, 0.15) is 15.7 Å². The van der Waals surface area contributed by atoms with E-state index in [2.05, 4.69) is 29.1 Å². The molecule has 0 bridgehead atoms. The van der Waals surface area contributed by atoms with Crippen molar-refractivity contribution in [2.24, 2.45) is 0 Å². The summed E-state index contributed by atoms with van der Waals surface area (Å²) in [4.78, 5) is 24.5. The van der Waals surface area contributed by atoms with Gasteiger partial charge >= 0.3 is 0 Å². The summed E-state index contributed by atoms with van der Waals surface area (Å²) in [5.41, 5.74) is 1.21. The molecule has 120 valence electrons. The van der Waals surface area contributed by atoms with Crippen LogP contribution in [-0.4, -0.2) is 21.6 Å². The van der Waals surface area contributed by atoms with Gasteiger partial charge in [-0.05, 0) is 37.8 Å². The lowest BCUT2D eigenvalue weighted by Gasteiger charge is -2.06. The zero-order valence-electron chi connectivity index (χ0n) is 13.2. The van der Waals surface area contributed by atoms with E-state index in [-0.39, 0.29) is 5.91 Å². The fourth-order valence-electron chi connectivity index (χ4n) is 2.20. The molecule has 1 N–H and O–H groups in total. The molecule has 0 aliphatic carbocycles. The minimum atomic E-state index is 0.0254. The molecule has 0 aliphatic rings. The number of thiophene rings is 2. The molecule has 0 fully saturated rings. The number of aromatic nitrogens is 2. The van der Waals surface area contributed by atoms with E-state index in [1.165, 1.54) is 22.2 Å². The first kappa shape index (κ1) is 16.4. The Morgan fingerprint density at radius 3 is 2.87 bits per heavy atom. The largest absolute Gasteiger partial charge is 0.350 e. The van der Waals surface area contributed by atoms with Crippen LogP contribution in [0.2, 0.25) is 0 Å². The number of rotatable bonds is 5. The molecule has 3 aromatic rings. The summed E-state index contributed by atoms with van der Waals surface area (Å²) >= 11 is 4.82. The molecule has 4 nitrogen and oxygen atoms in total. The number of nitrogens with zero attached hydrogens (tertiary/aromatic N) is 2. The fourth-order valence-corrected chi connectivity index (χ4v) is 4.95. The molecule has 0 radical (unpaired) electrons. The predicted molar refractivity (Wildman–Crippen MR) is 98.5 cm³/mol. The van der Waals surface area contributed by atoms with Crippen molar-refractivity contribution in [3.8, 4) is 0 Å². The molecule has 0 unspecified atom stereocenters. The maximum Gasteiger partial charge on any atom is 0.230 e. The summed E-state index contributed by atoms with van der Waals surface area (Å²) in [6, 6.07) is 4.01. The van der Waals surface area contributed by atoms with Gasteiger partial charge in [0.2, 0.25) is 5.91 Å². The molecule has 0 saturated heterocycles. The zero-order valence-corrected chi connectivity index (χ0v) is 15.6. The van der Waals surface area contributed by atoms with Crippen LogP contribution in [0.15, 0.2) is 22.5 Å². The second-order valence-corrected chi connectivity index (χ2v) is 8.38. The molecule has 1 amide bonds. The Balaban J connectivity index is 1.70. The second-order valence-electron chi connectivity index (χ2n) is 5.18. The number of hydrogen-bond donors (Lipinski definition) is 1. The van der Waals surface area contributed by atoms with E-state index >= 15 is 0 Å². The minimum Gasteiger partial charge on any atom is -0.350 e. The van der Waals surface area contributed by atoms with Crippen LogP contribution in [0.3, 0.4) is 0 Å². The van der Waals surface area contributed by atoms with Gasteiger partial charge in [0, 0.05) is 15.1 Å².